The van der Waals surface area contributed by atoms with E-state index in [1.165, 1.54) is 0 Å². The Hall–Kier alpha value is -3.40. The van der Waals surface area contributed by atoms with E-state index in [-0.39, 0.29) is 0 Å². The van der Waals surface area contributed by atoms with Gasteiger partial charge >= 0.3 is 0 Å². The summed E-state index contributed by atoms with van der Waals surface area (Å²) in [6, 6.07) is 21.9. The van der Waals surface area contributed by atoms with Crippen LogP contribution in [0.1, 0.15) is 5.56 Å². The fourth-order valence-corrected chi connectivity index (χ4v) is 3.06. The van der Waals surface area contributed by atoms with E-state index in [1.807, 2.05) is 54.6 Å². The van der Waals surface area contributed by atoms with Crippen molar-refractivity contribution >= 4 is 11.0 Å². The van der Waals surface area contributed by atoms with Gasteiger partial charge in [0.25, 0.3) is 0 Å². The van der Waals surface area contributed by atoms with Crippen molar-refractivity contribution in [3.63, 3.8) is 0 Å². The summed E-state index contributed by atoms with van der Waals surface area (Å²) in [7, 11) is 3.33. The van der Waals surface area contributed by atoms with Gasteiger partial charge in [-0.05, 0) is 73.2 Å². The first-order valence-electron chi connectivity index (χ1n) is 8.75. The molecule has 0 unspecified atom stereocenters. The van der Waals surface area contributed by atoms with E-state index in [9.17, 15) is 0 Å². The van der Waals surface area contributed by atoms with E-state index < -0.39 is 0 Å². The molecule has 0 atom stereocenters. The minimum Gasteiger partial charge on any atom is -0.497 e. The van der Waals surface area contributed by atoms with Crippen LogP contribution in [-0.4, -0.2) is 24.2 Å². The lowest BCUT2D eigenvalue weighted by Crippen LogP contribution is -1.96. The van der Waals surface area contributed by atoms with Gasteiger partial charge in [0.15, 0.2) is 0 Å². The highest BCUT2D eigenvalue weighted by molar-refractivity contribution is 5.86. The molecule has 0 saturated heterocycles. The Morgan fingerprint density at radius 1 is 0.593 bits per heavy atom. The highest BCUT2D eigenvalue weighted by Crippen LogP contribution is 2.32. The minimum absolute atomic E-state index is 0.814. The zero-order valence-electron chi connectivity index (χ0n) is 15.6. The maximum Gasteiger partial charge on any atom is 0.118 e. The molecule has 4 aromatic rings. The molecule has 27 heavy (non-hydrogen) atoms. The van der Waals surface area contributed by atoms with E-state index in [0.717, 1.165) is 50.6 Å². The molecule has 134 valence electrons. The first kappa shape index (κ1) is 17.0. The monoisotopic (exact) mass is 356 g/mol. The van der Waals surface area contributed by atoms with E-state index in [2.05, 4.69) is 19.1 Å². The smallest absolute Gasteiger partial charge is 0.118 e. The standard InChI is InChI=1S/C23H20N2O2/c1-15-4-13-20-21(14-15)25-23(17-7-11-19(27-3)12-8-17)22(24-20)16-5-9-18(26-2)10-6-16/h4-14H,1-3H3. The van der Waals surface area contributed by atoms with E-state index in [1.54, 1.807) is 14.2 Å². The Morgan fingerprint density at radius 3 is 1.56 bits per heavy atom. The summed E-state index contributed by atoms with van der Waals surface area (Å²) in [6.45, 7) is 2.06. The van der Waals surface area contributed by atoms with Gasteiger partial charge in [-0.15, -0.1) is 0 Å². The van der Waals surface area contributed by atoms with Gasteiger partial charge in [0.2, 0.25) is 0 Å². The van der Waals surface area contributed by atoms with E-state index >= 15 is 0 Å². The molecule has 0 aliphatic heterocycles. The van der Waals surface area contributed by atoms with Gasteiger partial charge in [0, 0.05) is 11.1 Å². The predicted octanol–water partition coefficient (Wildman–Crippen LogP) is 5.29. The molecule has 0 fully saturated rings. The van der Waals surface area contributed by atoms with Crippen LogP contribution in [-0.2, 0) is 0 Å². The number of fused-ring (bicyclic) bond motifs is 1. The summed E-state index contributed by atoms with van der Waals surface area (Å²) in [6.07, 6.45) is 0. The second-order valence-corrected chi connectivity index (χ2v) is 6.37. The largest absolute Gasteiger partial charge is 0.497 e. The normalized spacial score (nSPS) is 10.8. The Labute approximate surface area is 158 Å². The predicted molar refractivity (Wildman–Crippen MR) is 108 cm³/mol. The fraction of sp³-hybridized carbons (Fsp3) is 0.130. The molecule has 0 N–H and O–H groups in total. The van der Waals surface area contributed by atoms with Crippen molar-refractivity contribution in [2.75, 3.05) is 14.2 Å². The van der Waals surface area contributed by atoms with Crippen LogP contribution < -0.4 is 9.47 Å². The number of nitrogens with zero attached hydrogens (tertiary/aromatic N) is 2. The fourth-order valence-electron chi connectivity index (χ4n) is 3.06. The molecule has 0 radical (unpaired) electrons. The minimum atomic E-state index is 0.814. The van der Waals surface area contributed by atoms with Crippen LogP contribution in [0.2, 0.25) is 0 Å². The number of hydrogen-bond donors (Lipinski definition) is 0. The average molecular weight is 356 g/mol. The van der Waals surface area contributed by atoms with Crippen LogP contribution in [0.15, 0.2) is 66.7 Å². The third kappa shape index (κ3) is 3.34. The number of methoxy groups -OCH3 is 2. The quantitative estimate of drug-likeness (QED) is 0.498. The summed E-state index contributed by atoms with van der Waals surface area (Å²) in [4.78, 5) is 9.87. The van der Waals surface area contributed by atoms with Gasteiger partial charge in [0.1, 0.15) is 11.5 Å². The van der Waals surface area contributed by atoms with Crippen LogP contribution in [0.3, 0.4) is 0 Å². The van der Waals surface area contributed by atoms with Crippen LogP contribution >= 0.6 is 0 Å². The summed E-state index contributed by atoms with van der Waals surface area (Å²) >= 11 is 0. The zero-order valence-corrected chi connectivity index (χ0v) is 15.6. The van der Waals surface area contributed by atoms with E-state index in [0.29, 0.717) is 0 Å². The molecule has 0 bridgehead atoms. The topological polar surface area (TPSA) is 44.2 Å². The molecule has 0 saturated carbocycles. The van der Waals surface area contributed by atoms with Crippen LogP contribution in [0, 0.1) is 6.92 Å². The lowest BCUT2D eigenvalue weighted by Gasteiger charge is -2.12. The maximum atomic E-state index is 5.28. The lowest BCUT2D eigenvalue weighted by atomic mass is 10.0. The second kappa shape index (κ2) is 7.08. The van der Waals surface area contributed by atoms with Crippen molar-refractivity contribution in [1.29, 1.82) is 0 Å². The Morgan fingerprint density at radius 2 is 1.07 bits per heavy atom. The SMILES string of the molecule is COc1ccc(-c2nc3ccc(C)cc3nc2-c2ccc(OC)cc2)cc1. The number of rotatable bonds is 4. The van der Waals surface area contributed by atoms with Gasteiger partial charge < -0.3 is 9.47 Å². The van der Waals surface area contributed by atoms with Crippen molar-refractivity contribution < 1.29 is 9.47 Å². The van der Waals surface area contributed by atoms with Gasteiger partial charge in [-0.25, -0.2) is 9.97 Å². The number of ether oxygens (including phenoxy) is 2. The Bertz CT molecular complexity index is 1090. The van der Waals surface area contributed by atoms with Crippen molar-refractivity contribution in [2.24, 2.45) is 0 Å². The number of aromatic nitrogens is 2. The first-order chi connectivity index (χ1) is 13.2. The molecule has 4 rings (SSSR count). The third-order valence-electron chi connectivity index (χ3n) is 4.55. The van der Waals surface area contributed by atoms with Crippen molar-refractivity contribution in [2.45, 2.75) is 6.92 Å². The van der Waals surface area contributed by atoms with Gasteiger partial charge in [-0.1, -0.05) is 6.07 Å². The molecule has 0 spiro atoms. The molecule has 4 nitrogen and oxygen atoms in total. The number of aryl methyl sites for hydroxylation is 1. The summed E-state index contributed by atoms with van der Waals surface area (Å²) in [5, 5.41) is 0. The Kier molecular flexibility index (Phi) is 4.47. The molecule has 4 heteroatoms. The summed E-state index contributed by atoms with van der Waals surface area (Å²) in [5.74, 6) is 1.63. The maximum absolute atomic E-state index is 5.28. The van der Waals surface area contributed by atoms with Gasteiger partial charge in [0.05, 0.1) is 36.6 Å². The zero-order chi connectivity index (χ0) is 18.8. The number of hydrogen-bond acceptors (Lipinski definition) is 4. The van der Waals surface area contributed by atoms with Crippen LogP contribution in [0.25, 0.3) is 33.5 Å². The molecular weight excluding hydrogens is 336 g/mol. The van der Waals surface area contributed by atoms with Crippen molar-refractivity contribution in [3.8, 4) is 34.0 Å². The van der Waals surface area contributed by atoms with E-state index in [4.69, 9.17) is 19.4 Å². The molecule has 3 aromatic carbocycles. The first-order valence-corrected chi connectivity index (χ1v) is 8.75. The highest BCUT2D eigenvalue weighted by Gasteiger charge is 2.14. The lowest BCUT2D eigenvalue weighted by molar-refractivity contribution is 0.414. The number of benzene rings is 3. The molecule has 0 aliphatic rings. The van der Waals surface area contributed by atoms with Crippen molar-refractivity contribution in [1.82, 2.24) is 9.97 Å². The third-order valence-corrected chi connectivity index (χ3v) is 4.55. The summed E-state index contributed by atoms with van der Waals surface area (Å²) < 4.78 is 10.6. The molecule has 1 aromatic heterocycles. The average Bonchev–Trinajstić information content (AvgIpc) is 2.73. The van der Waals surface area contributed by atoms with Crippen LogP contribution in [0.5, 0.6) is 11.5 Å². The van der Waals surface area contributed by atoms with Crippen molar-refractivity contribution in [3.05, 3.63) is 72.3 Å². The molecular formula is C23H20N2O2. The van der Waals surface area contributed by atoms with Gasteiger partial charge in [-0.3, -0.25) is 0 Å². The molecule has 1 heterocycles. The molecule has 0 aliphatic carbocycles. The Balaban J connectivity index is 1.94. The summed E-state index contributed by atoms with van der Waals surface area (Å²) in [5.41, 5.74) is 6.62. The molecule has 0 amide bonds. The second-order valence-electron chi connectivity index (χ2n) is 6.37. The van der Waals surface area contributed by atoms with Crippen LogP contribution in [0.4, 0.5) is 0 Å². The highest BCUT2D eigenvalue weighted by atomic mass is 16.5. The van der Waals surface area contributed by atoms with Gasteiger partial charge in [-0.2, -0.15) is 0 Å².